The largest absolute Gasteiger partial charge is 0.506 e. The number of aromatic hydroxyl groups is 3. The molecule has 0 saturated carbocycles. The Morgan fingerprint density at radius 2 is 1.56 bits per heavy atom. The summed E-state index contributed by atoms with van der Waals surface area (Å²) in [6.45, 7) is 0. The highest BCUT2D eigenvalue weighted by molar-refractivity contribution is 6.07. The fourth-order valence-electron chi connectivity index (χ4n) is 1.48. The van der Waals surface area contributed by atoms with E-state index in [0.29, 0.717) is 0 Å². The van der Waals surface area contributed by atoms with Crippen molar-refractivity contribution in [3.8, 4) is 17.2 Å². The lowest BCUT2D eigenvalue weighted by molar-refractivity contribution is 0.102. The molecule has 0 unspecified atom stereocenters. The first kappa shape index (κ1) is 11.8. The minimum absolute atomic E-state index is 0.0711. The first-order chi connectivity index (χ1) is 8.59. The molecule has 18 heavy (non-hydrogen) atoms. The van der Waals surface area contributed by atoms with E-state index in [0.717, 1.165) is 0 Å². The molecule has 0 bridgehead atoms. The lowest BCUT2D eigenvalue weighted by Gasteiger charge is -2.08. The Morgan fingerprint density at radius 1 is 0.889 bits per heavy atom. The minimum Gasteiger partial charge on any atom is -0.506 e. The summed E-state index contributed by atoms with van der Waals surface area (Å²) >= 11 is 0. The van der Waals surface area contributed by atoms with Crippen LogP contribution in [0.25, 0.3) is 0 Å². The Kier molecular flexibility index (Phi) is 3.05. The van der Waals surface area contributed by atoms with Gasteiger partial charge in [0.1, 0.15) is 5.75 Å². The highest BCUT2D eigenvalue weighted by Crippen LogP contribution is 2.29. The molecule has 2 aromatic rings. The summed E-state index contributed by atoms with van der Waals surface area (Å²) in [6.07, 6.45) is 0. The van der Waals surface area contributed by atoms with Gasteiger partial charge >= 0.3 is 0 Å². The summed E-state index contributed by atoms with van der Waals surface area (Å²) in [4.78, 5) is 11.8. The van der Waals surface area contributed by atoms with Crippen LogP contribution in [0, 0.1) is 0 Å². The van der Waals surface area contributed by atoms with Crippen LogP contribution in [0.4, 0.5) is 5.69 Å². The van der Waals surface area contributed by atoms with Crippen molar-refractivity contribution in [2.24, 2.45) is 0 Å². The van der Waals surface area contributed by atoms with E-state index in [1.165, 1.54) is 30.3 Å². The quantitative estimate of drug-likeness (QED) is 0.609. The maximum atomic E-state index is 11.8. The molecule has 0 heterocycles. The smallest absolute Gasteiger partial charge is 0.259 e. The monoisotopic (exact) mass is 245 g/mol. The number of rotatable bonds is 2. The summed E-state index contributed by atoms with van der Waals surface area (Å²) in [5, 5.41) is 30.8. The van der Waals surface area contributed by atoms with Crippen molar-refractivity contribution < 1.29 is 20.1 Å². The SMILES string of the molecule is O=C(Nc1ccccc1O)c1cccc(O)c1O. The van der Waals surface area contributed by atoms with Crippen molar-refractivity contribution in [3.05, 3.63) is 48.0 Å². The van der Waals surface area contributed by atoms with E-state index in [-0.39, 0.29) is 22.7 Å². The van der Waals surface area contributed by atoms with Crippen molar-refractivity contribution in [1.82, 2.24) is 0 Å². The molecule has 5 nitrogen and oxygen atoms in total. The molecule has 0 aliphatic carbocycles. The molecule has 0 saturated heterocycles. The van der Waals surface area contributed by atoms with Crippen molar-refractivity contribution in [2.75, 3.05) is 5.32 Å². The Balaban J connectivity index is 2.28. The fourth-order valence-corrected chi connectivity index (χ4v) is 1.48. The summed E-state index contributed by atoms with van der Waals surface area (Å²) in [5.74, 6) is -1.57. The molecule has 5 heteroatoms. The lowest BCUT2D eigenvalue weighted by Crippen LogP contribution is -2.12. The summed E-state index contributed by atoms with van der Waals surface area (Å²) in [7, 11) is 0. The summed E-state index contributed by atoms with van der Waals surface area (Å²) < 4.78 is 0. The van der Waals surface area contributed by atoms with Crippen LogP contribution in [-0.4, -0.2) is 21.2 Å². The van der Waals surface area contributed by atoms with Crippen LogP contribution in [0.1, 0.15) is 10.4 Å². The van der Waals surface area contributed by atoms with Crippen LogP contribution in [0.2, 0.25) is 0 Å². The highest BCUT2D eigenvalue weighted by atomic mass is 16.3. The average Bonchev–Trinajstić information content (AvgIpc) is 2.35. The molecular weight excluding hydrogens is 234 g/mol. The molecule has 0 aliphatic rings. The molecule has 0 fully saturated rings. The second kappa shape index (κ2) is 4.67. The topological polar surface area (TPSA) is 89.8 Å². The fraction of sp³-hybridized carbons (Fsp3) is 0. The van der Waals surface area contributed by atoms with Crippen molar-refractivity contribution in [2.45, 2.75) is 0 Å². The zero-order valence-corrected chi connectivity index (χ0v) is 9.29. The maximum absolute atomic E-state index is 11.8. The molecule has 2 aromatic carbocycles. The third-order valence-corrected chi connectivity index (χ3v) is 2.41. The van der Waals surface area contributed by atoms with Gasteiger partial charge in [0.25, 0.3) is 5.91 Å². The van der Waals surface area contributed by atoms with Gasteiger partial charge in [-0.05, 0) is 24.3 Å². The molecule has 4 N–H and O–H groups in total. The zero-order chi connectivity index (χ0) is 13.1. The van der Waals surface area contributed by atoms with Gasteiger partial charge in [0.2, 0.25) is 0 Å². The number of carbonyl (C=O) groups excluding carboxylic acids is 1. The molecule has 92 valence electrons. The Labute approximate surface area is 103 Å². The van der Waals surface area contributed by atoms with Gasteiger partial charge in [-0.3, -0.25) is 4.79 Å². The van der Waals surface area contributed by atoms with Gasteiger partial charge in [-0.1, -0.05) is 18.2 Å². The molecule has 0 atom stereocenters. The van der Waals surface area contributed by atoms with Crippen LogP contribution in [-0.2, 0) is 0 Å². The van der Waals surface area contributed by atoms with E-state index in [1.54, 1.807) is 12.1 Å². The van der Waals surface area contributed by atoms with Gasteiger partial charge in [-0.25, -0.2) is 0 Å². The first-order valence-corrected chi connectivity index (χ1v) is 5.20. The first-order valence-electron chi connectivity index (χ1n) is 5.20. The van der Waals surface area contributed by atoms with Crippen molar-refractivity contribution >= 4 is 11.6 Å². The number of amides is 1. The number of phenolic OH excluding ortho intramolecular Hbond substituents is 3. The second-order valence-electron chi connectivity index (χ2n) is 3.64. The predicted molar refractivity (Wildman–Crippen MR) is 65.8 cm³/mol. The molecule has 1 amide bonds. The van der Waals surface area contributed by atoms with Gasteiger partial charge in [0.05, 0.1) is 11.3 Å². The molecular formula is C13H11NO4. The van der Waals surface area contributed by atoms with Gasteiger partial charge in [-0.15, -0.1) is 0 Å². The molecule has 0 aliphatic heterocycles. The number of nitrogens with one attached hydrogen (secondary N) is 1. The number of para-hydroxylation sites is 3. The number of carbonyl (C=O) groups is 1. The highest BCUT2D eigenvalue weighted by Gasteiger charge is 2.14. The van der Waals surface area contributed by atoms with E-state index in [2.05, 4.69) is 5.32 Å². The Bertz CT molecular complexity index is 595. The van der Waals surface area contributed by atoms with Gasteiger partial charge < -0.3 is 20.6 Å². The molecule has 0 aromatic heterocycles. The van der Waals surface area contributed by atoms with Gasteiger partial charge in [0, 0.05) is 0 Å². The lowest BCUT2D eigenvalue weighted by atomic mass is 10.1. The van der Waals surface area contributed by atoms with E-state index >= 15 is 0 Å². The van der Waals surface area contributed by atoms with E-state index < -0.39 is 11.7 Å². The maximum Gasteiger partial charge on any atom is 0.259 e. The van der Waals surface area contributed by atoms with Crippen molar-refractivity contribution in [1.29, 1.82) is 0 Å². The zero-order valence-electron chi connectivity index (χ0n) is 9.29. The third kappa shape index (κ3) is 2.20. The second-order valence-corrected chi connectivity index (χ2v) is 3.64. The Hall–Kier alpha value is -2.69. The Morgan fingerprint density at radius 3 is 2.28 bits per heavy atom. The van der Waals surface area contributed by atoms with E-state index in [1.807, 2.05) is 0 Å². The van der Waals surface area contributed by atoms with E-state index in [9.17, 15) is 20.1 Å². The van der Waals surface area contributed by atoms with Crippen LogP contribution in [0.15, 0.2) is 42.5 Å². The van der Waals surface area contributed by atoms with Crippen LogP contribution in [0.5, 0.6) is 17.2 Å². The molecule has 0 radical (unpaired) electrons. The number of hydrogen-bond acceptors (Lipinski definition) is 4. The summed E-state index contributed by atoms with van der Waals surface area (Å²) in [5.41, 5.74) is 0.156. The average molecular weight is 245 g/mol. The van der Waals surface area contributed by atoms with E-state index in [4.69, 9.17) is 0 Å². The molecule has 0 spiro atoms. The number of benzene rings is 2. The minimum atomic E-state index is -0.620. The number of hydrogen-bond donors (Lipinski definition) is 4. The van der Waals surface area contributed by atoms with Crippen molar-refractivity contribution in [3.63, 3.8) is 0 Å². The standard InChI is InChI=1S/C13H11NO4/c15-10-6-2-1-5-9(10)14-13(18)8-4-3-7-11(16)12(8)17/h1-7,15-17H,(H,14,18). The number of anilines is 1. The van der Waals surface area contributed by atoms with Gasteiger partial charge in [0.15, 0.2) is 11.5 Å². The molecule has 2 rings (SSSR count). The van der Waals surface area contributed by atoms with Crippen LogP contribution in [0.3, 0.4) is 0 Å². The third-order valence-electron chi connectivity index (χ3n) is 2.41. The normalized spacial score (nSPS) is 10.0. The predicted octanol–water partition coefficient (Wildman–Crippen LogP) is 2.06. The van der Waals surface area contributed by atoms with Crippen LogP contribution >= 0.6 is 0 Å². The number of phenols is 3. The summed E-state index contributed by atoms with van der Waals surface area (Å²) in [6, 6.07) is 10.3. The van der Waals surface area contributed by atoms with Crippen LogP contribution < -0.4 is 5.32 Å². The van der Waals surface area contributed by atoms with Gasteiger partial charge in [-0.2, -0.15) is 0 Å².